The predicted octanol–water partition coefficient (Wildman–Crippen LogP) is -0.126. The molecule has 7 atom stereocenters. The van der Waals surface area contributed by atoms with Crippen LogP contribution >= 0.6 is 11.8 Å². The summed E-state index contributed by atoms with van der Waals surface area (Å²) in [6, 6.07) is -6.84. The molecule has 0 saturated carbocycles. The molecule has 0 aromatic carbocycles. The third-order valence-corrected chi connectivity index (χ3v) is 10.7. The quantitative estimate of drug-likeness (QED) is 0.0380. The summed E-state index contributed by atoms with van der Waals surface area (Å²) in [4.78, 5) is 101. The molecule has 2 aliphatic rings. The van der Waals surface area contributed by atoms with E-state index >= 15 is 0 Å². The number of amides is 6. The molecule has 0 radical (unpaired) electrons. The highest BCUT2D eigenvalue weighted by molar-refractivity contribution is 7.98. The number of carbonyl (C=O) groups excluding carboxylic acids is 6. The Hall–Kier alpha value is -4.13. The lowest BCUT2D eigenvalue weighted by Crippen LogP contribution is -2.59. The molecule has 0 unspecified atom stereocenters. The van der Waals surface area contributed by atoms with E-state index in [1.807, 2.05) is 47.8 Å². The summed E-state index contributed by atoms with van der Waals surface area (Å²) in [5.74, 6) is -4.09. The maximum Gasteiger partial charge on any atom is 0.326 e. The van der Waals surface area contributed by atoms with Crippen molar-refractivity contribution in [2.24, 2.45) is 39.9 Å². The number of nitrogens with two attached hydrogens (primary N) is 3. The van der Waals surface area contributed by atoms with Gasteiger partial charge in [-0.15, -0.1) is 0 Å². The molecule has 0 spiro atoms. The lowest BCUT2D eigenvalue weighted by atomic mass is 10.00. The van der Waals surface area contributed by atoms with Crippen LogP contribution in [0.2, 0.25) is 0 Å². The Morgan fingerprint density at radius 1 is 0.754 bits per heavy atom. The molecule has 2 heterocycles. The van der Waals surface area contributed by atoms with Gasteiger partial charge in [0.25, 0.3) is 0 Å². The number of nitrogens with one attached hydrogen (secondary N) is 4. The van der Waals surface area contributed by atoms with Crippen LogP contribution in [0.4, 0.5) is 0 Å². The summed E-state index contributed by atoms with van der Waals surface area (Å²) < 4.78 is 0. The maximum atomic E-state index is 14.2. The molecule has 0 bridgehead atoms. The number of nitrogens with zero attached hydrogens (tertiary/aromatic N) is 3. The minimum atomic E-state index is -1.19. The van der Waals surface area contributed by atoms with Gasteiger partial charge < -0.3 is 53.4 Å². The van der Waals surface area contributed by atoms with E-state index in [1.54, 1.807) is 11.8 Å². The molecule has 11 N–H and O–H groups in total. The lowest BCUT2D eigenvalue weighted by Gasteiger charge is -2.34. The van der Waals surface area contributed by atoms with Gasteiger partial charge in [-0.25, -0.2) is 4.79 Å². The fourth-order valence-electron chi connectivity index (χ4n) is 7.09. The molecule has 2 aliphatic heterocycles. The molecular formula is C38H68N10O8S. The van der Waals surface area contributed by atoms with Gasteiger partial charge in [-0.3, -0.25) is 33.8 Å². The van der Waals surface area contributed by atoms with Crippen LogP contribution in [0.3, 0.4) is 0 Å². The first-order chi connectivity index (χ1) is 26.8. The summed E-state index contributed by atoms with van der Waals surface area (Å²) in [6.45, 7) is 11.7. The Morgan fingerprint density at radius 3 is 1.88 bits per heavy atom. The van der Waals surface area contributed by atoms with Crippen molar-refractivity contribution in [2.45, 2.75) is 142 Å². The average molecular weight is 825 g/mol. The van der Waals surface area contributed by atoms with E-state index in [1.165, 1.54) is 9.80 Å². The minimum absolute atomic E-state index is 0.0165. The van der Waals surface area contributed by atoms with Crippen molar-refractivity contribution in [3.05, 3.63) is 0 Å². The molecule has 2 rings (SSSR count). The van der Waals surface area contributed by atoms with E-state index < -0.39 is 71.9 Å². The fourth-order valence-corrected chi connectivity index (χ4v) is 7.58. The highest BCUT2D eigenvalue weighted by Crippen LogP contribution is 2.27. The summed E-state index contributed by atoms with van der Waals surface area (Å²) in [7, 11) is 0. The first kappa shape index (κ1) is 49.0. The largest absolute Gasteiger partial charge is 0.480 e. The van der Waals surface area contributed by atoms with E-state index in [4.69, 9.17) is 17.2 Å². The van der Waals surface area contributed by atoms with Gasteiger partial charge >= 0.3 is 5.97 Å². The highest BCUT2D eigenvalue weighted by Gasteiger charge is 2.44. The number of hydrogen-bond acceptors (Lipinski definition) is 10. The van der Waals surface area contributed by atoms with Crippen LogP contribution in [-0.2, 0) is 33.6 Å². The summed E-state index contributed by atoms with van der Waals surface area (Å²) in [6.07, 6.45) is 4.92. The van der Waals surface area contributed by atoms with Crippen molar-refractivity contribution in [3.8, 4) is 0 Å². The number of thioether (sulfide) groups is 1. The zero-order valence-electron chi connectivity index (χ0n) is 34.8. The second kappa shape index (κ2) is 23.9. The molecular weight excluding hydrogens is 757 g/mol. The van der Waals surface area contributed by atoms with Crippen molar-refractivity contribution in [3.63, 3.8) is 0 Å². The van der Waals surface area contributed by atoms with Crippen LogP contribution in [0.5, 0.6) is 0 Å². The van der Waals surface area contributed by atoms with Gasteiger partial charge in [0, 0.05) is 19.6 Å². The molecule has 2 fully saturated rings. The van der Waals surface area contributed by atoms with Gasteiger partial charge in [0.05, 0.1) is 6.04 Å². The van der Waals surface area contributed by atoms with E-state index in [0.717, 1.165) is 0 Å². The molecule has 57 heavy (non-hydrogen) atoms. The Bertz CT molecular complexity index is 1430. The van der Waals surface area contributed by atoms with E-state index in [9.17, 15) is 38.7 Å². The molecule has 18 nitrogen and oxygen atoms in total. The van der Waals surface area contributed by atoms with E-state index in [0.29, 0.717) is 44.4 Å². The van der Waals surface area contributed by atoms with Crippen LogP contribution in [0.15, 0.2) is 4.99 Å². The minimum Gasteiger partial charge on any atom is -0.480 e. The molecule has 19 heteroatoms. The Kier molecular flexibility index (Phi) is 20.6. The highest BCUT2D eigenvalue weighted by atomic mass is 32.2. The number of likely N-dealkylation sites (tertiary alicyclic amines) is 2. The topological polar surface area (TPSA) is 285 Å². The van der Waals surface area contributed by atoms with Crippen LogP contribution in [0.25, 0.3) is 0 Å². The van der Waals surface area contributed by atoms with Gasteiger partial charge in [-0.2, -0.15) is 11.8 Å². The molecule has 2 saturated heterocycles. The second-order valence-electron chi connectivity index (χ2n) is 16.2. The standard InChI is InChI=1S/C38H68N10O8S/c1-21(2)19-26(33(51)45-27(37(55)56)20-22(3)4)44-32(50)25(11-8-15-42-38(40)41)43-34(52)28-12-9-16-47(28)35(53)29-13-10-17-48(29)36(54)30(23(5)6)46-31(49)24(39)14-18-57-7/h21-30H,8-20,39H2,1-7H3,(H,43,52)(H,44,50)(H,45,51)(H,46,49)(H,55,56)(H4,40,41,42)/t24-,25-,26-,27-,28-,29-,30-/m0/s1. The van der Waals surface area contributed by atoms with E-state index in [2.05, 4.69) is 26.3 Å². The SMILES string of the molecule is CSCC[C@H](N)C(=O)N[C@H](C(=O)N1CCC[C@H]1C(=O)N1CCC[C@H]1C(=O)N[C@@H](CCCN=C(N)N)C(=O)N[C@@H](CC(C)C)C(=O)N[C@@H](CC(C)C)C(=O)O)C(C)C. The zero-order valence-corrected chi connectivity index (χ0v) is 35.6. The fraction of sp³-hybridized carbons (Fsp3) is 0.789. The number of carbonyl (C=O) groups is 7. The van der Waals surface area contributed by atoms with Crippen molar-refractivity contribution in [2.75, 3.05) is 31.6 Å². The zero-order chi connectivity index (χ0) is 43.0. The Balaban J connectivity index is 2.28. The predicted molar refractivity (Wildman–Crippen MR) is 219 cm³/mol. The van der Waals surface area contributed by atoms with Gasteiger partial charge in [-0.05, 0) is 87.5 Å². The summed E-state index contributed by atoms with van der Waals surface area (Å²) in [5.41, 5.74) is 17.0. The molecule has 0 aliphatic carbocycles. The third-order valence-electron chi connectivity index (χ3n) is 10.1. The number of aliphatic imine (C=N–C) groups is 1. The number of carboxylic acids is 1. The van der Waals surface area contributed by atoms with Gasteiger partial charge in [0.2, 0.25) is 35.4 Å². The third kappa shape index (κ3) is 15.6. The van der Waals surface area contributed by atoms with Crippen LogP contribution < -0.4 is 38.5 Å². The average Bonchev–Trinajstić information content (AvgIpc) is 3.83. The first-order valence-electron chi connectivity index (χ1n) is 20.1. The van der Waals surface area contributed by atoms with Crippen molar-refractivity contribution in [1.82, 2.24) is 31.1 Å². The number of aliphatic carboxylic acids is 1. The smallest absolute Gasteiger partial charge is 0.326 e. The molecule has 6 amide bonds. The Morgan fingerprint density at radius 2 is 1.32 bits per heavy atom. The van der Waals surface area contributed by atoms with Gasteiger partial charge in [-0.1, -0.05) is 41.5 Å². The number of carboxylic acid groups (broad SMARTS) is 1. The Labute approximate surface area is 341 Å². The van der Waals surface area contributed by atoms with Crippen molar-refractivity contribution < 1.29 is 38.7 Å². The van der Waals surface area contributed by atoms with Crippen LogP contribution in [0, 0.1) is 17.8 Å². The summed E-state index contributed by atoms with van der Waals surface area (Å²) in [5, 5.41) is 20.6. The number of hydrogen-bond donors (Lipinski definition) is 8. The molecule has 0 aromatic rings. The first-order valence-corrected chi connectivity index (χ1v) is 21.5. The van der Waals surface area contributed by atoms with Crippen LogP contribution in [-0.4, -0.2) is 136 Å². The number of guanidine groups is 1. The number of rotatable bonds is 23. The van der Waals surface area contributed by atoms with E-state index in [-0.39, 0.29) is 74.3 Å². The lowest BCUT2D eigenvalue weighted by molar-refractivity contribution is -0.148. The van der Waals surface area contributed by atoms with Gasteiger partial charge in [0.15, 0.2) is 5.96 Å². The molecule has 324 valence electrons. The van der Waals surface area contributed by atoms with Crippen molar-refractivity contribution in [1.29, 1.82) is 0 Å². The molecule has 0 aromatic heterocycles. The summed E-state index contributed by atoms with van der Waals surface area (Å²) >= 11 is 1.57. The van der Waals surface area contributed by atoms with Crippen molar-refractivity contribution >= 4 is 59.1 Å². The normalized spacial score (nSPS) is 19.4. The van der Waals surface area contributed by atoms with Gasteiger partial charge in [0.1, 0.15) is 36.3 Å². The monoisotopic (exact) mass is 824 g/mol. The second-order valence-corrected chi connectivity index (χ2v) is 17.2. The maximum absolute atomic E-state index is 14.2. The van der Waals surface area contributed by atoms with Crippen LogP contribution in [0.1, 0.15) is 99.3 Å².